The van der Waals surface area contributed by atoms with E-state index in [2.05, 4.69) is 53.5 Å². The molecule has 0 radical (unpaired) electrons. The highest BCUT2D eigenvalue weighted by Crippen LogP contribution is 2.24. The molecule has 0 spiro atoms. The molecule has 4 aromatic rings. The second-order valence-corrected chi connectivity index (χ2v) is 5.33. The topological polar surface area (TPSA) is 32.9 Å². The van der Waals surface area contributed by atoms with Crippen molar-refractivity contribution in [3.63, 3.8) is 0 Å². The van der Waals surface area contributed by atoms with Gasteiger partial charge in [0.05, 0.1) is 4.88 Å². The number of benzene rings is 2. The lowest BCUT2D eigenvalue weighted by molar-refractivity contribution is 0.112. The molecule has 98 valence electrons. The van der Waals surface area contributed by atoms with Gasteiger partial charge in [-0.3, -0.25) is 4.79 Å². The molecule has 2 nitrogen and oxygen atoms in total. The molecule has 0 aliphatic carbocycles. The third-order valence-electron chi connectivity index (χ3n) is 3.07. The Bertz CT molecular complexity index is 780. The fourth-order valence-corrected chi connectivity index (χ4v) is 2.68. The largest absolute Gasteiger partial charge is 0.355 e. The zero-order chi connectivity index (χ0) is 13.8. The van der Waals surface area contributed by atoms with Crippen LogP contribution in [0.15, 0.2) is 66.0 Å². The zero-order valence-corrected chi connectivity index (χ0v) is 11.6. The van der Waals surface area contributed by atoms with Crippen molar-refractivity contribution < 1.29 is 4.79 Å². The molecule has 0 saturated carbocycles. The van der Waals surface area contributed by atoms with Gasteiger partial charge >= 0.3 is 0 Å². The van der Waals surface area contributed by atoms with Gasteiger partial charge in [-0.2, -0.15) is 0 Å². The molecular formula is C17H13NOS. The summed E-state index contributed by atoms with van der Waals surface area (Å²) in [7, 11) is 0. The predicted molar refractivity (Wildman–Crippen MR) is 85.5 cm³/mol. The van der Waals surface area contributed by atoms with Crippen LogP contribution in [0.1, 0.15) is 9.67 Å². The lowest BCUT2D eigenvalue weighted by atomic mass is 10.2. The Balaban J connectivity index is 0.000000147. The molecule has 20 heavy (non-hydrogen) atoms. The number of aldehydes is 1. The third-order valence-corrected chi connectivity index (χ3v) is 3.87. The molecule has 0 aliphatic heterocycles. The average molecular weight is 279 g/mol. The summed E-state index contributed by atoms with van der Waals surface area (Å²) in [6.45, 7) is 0. The van der Waals surface area contributed by atoms with Gasteiger partial charge in [-0.25, -0.2) is 0 Å². The molecule has 4 rings (SSSR count). The van der Waals surface area contributed by atoms with Crippen LogP contribution in [0.3, 0.4) is 0 Å². The summed E-state index contributed by atoms with van der Waals surface area (Å²) in [5.74, 6) is 0. The molecule has 1 N–H and O–H groups in total. The van der Waals surface area contributed by atoms with E-state index in [1.54, 1.807) is 6.07 Å². The molecule has 2 heterocycles. The second kappa shape index (κ2) is 5.72. The maximum absolute atomic E-state index is 9.88. The van der Waals surface area contributed by atoms with Gasteiger partial charge in [-0.05, 0) is 23.6 Å². The van der Waals surface area contributed by atoms with Crippen LogP contribution in [0.4, 0.5) is 0 Å². The third kappa shape index (κ3) is 2.49. The number of fused-ring (bicyclic) bond motifs is 3. The number of carbonyl (C=O) groups is 1. The number of hydrogen-bond acceptors (Lipinski definition) is 2. The van der Waals surface area contributed by atoms with E-state index in [4.69, 9.17) is 0 Å². The Morgan fingerprint density at radius 1 is 0.800 bits per heavy atom. The highest BCUT2D eigenvalue weighted by molar-refractivity contribution is 7.11. The molecular weight excluding hydrogens is 266 g/mol. The fraction of sp³-hybridized carbons (Fsp3) is 0. The monoisotopic (exact) mass is 279 g/mol. The Morgan fingerprint density at radius 2 is 1.40 bits per heavy atom. The molecule has 3 heteroatoms. The van der Waals surface area contributed by atoms with Crippen LogP contribution in [0.25, 0.3) is 21.8 Å². The number of aromatic amines is 1. The van der Waals surface area contributed by atoms with E-state index in [9.17, 15) is 4.79 Å². The number of aromatic nitrogens is 1. The first kappa shape index (κ1) is 12.6. The molecule has 0 unspecified atom stereocenters. The molecule has 0 amide bonds. The Labute approximate surface area is 120 Å². The van der Waals surface area contributed by atoms with Gasteiger partial charge in [0.15, 0.2) is 6.29 Å². The van der Waals surface area contributed by atoms with E-state index in [-0.39, 0.29) is 0 Å². The Morgan fingerprint density at radius 3 is 1.85 bits per heavy atom. The summed E-state index contributed by atoms with van der Waals surface area (Å²) in [6.07, 6.45) is 0.852. The van der Waals surface area contributed by atoms with Crippen molar-refractivity contribution in [3.8, 4) is 0 Å². The highest BCUT2D eigenvalue weighted by atomic mass is 32.1. The SMILES string of the molecule is O=Cc1cccs1.c1ccc2c(c1)[nH]c1ccccc12. The van der Waals surface area contributed by atoms with Gasteiger partial charge in [0, 0.05) is 21.8 Å². The van der Waals surface area contributed by atoms with Crippen LogP contribution in [-0.4, -0.2) is 11.3 Å². The minimum absolute atomic E-state index is 0.792. The van der Waals surface area contributed by atoms with Crippen molar-refractivity contribution in [2.45, 2.75) is 0 Å². The number of para-hydroxylation sites is 2. The normalized spacial score (nSPS) is 10.2. The van der Waals surface area contributed by atoms with Crippen molar-refractivity contribution >= 4 is 39.4 Å². The lowest BCUT2D eigenvalue weighted by Gasteiger charge is -1.87. The second-order valence-electron chi connectivity index (χ2n) is 4.35. The van der Waals surface area contributed by atoms with Gasteiger partial charge in [-0.15, -0.1) is 11.3 Å². The van der Waals surface area contributed by atoms with Gasteiger partial charge in [0.25, 0.3) is 0 Å². The van der Waals surface area contributed by atoms with Gasteiger partial charge in [0.2, 0.25) is 0 Å². The summed E-state index contributed by atoms with van der Waals surface area (Å²) in [5.41, 5.74) is 2.42. The van der Waals surface area contributed by atoms with Crippen LogP contribution < -0.4 is 0 Å². The number of H-pyrrole nitrogens is 1. The first-order valence-electron chi connectivity index (χ1n) is 6.32. The highest BCUT2D eigenvalue weighted by Gasteiger charge is 2.00. The van der Waals surface area contributed by atoms with E-state index in [0.29, 0.717) is 0 Å². The van der Waals surface area contributed by atoms with E-state index in [1.165, 1.54) is 33.1 Å². The van der Waals surface area contributed by atoms with Crippen LogP contribution in [0.2, 0.25) is 0 Å². The number of nitrogens with one attached hydrogen (secondary N) is 1. The molecule has 0 fully saturated rings. The standard InChI is InChI=1S/C12H9N.C5H4OS/c1-3-7-11-9(5-1)10-6-2-4-8-12(10)13-11;6-4-5-2-1-3-7-5/h1-8,13H;1-4H. The van der Waals surface area contributed by atoms with Gasteiger partial charge in [0.1, 0.15) is 0 Å². The summed E-state index contributed by atoms with van der Waals surface area (Å²) < 4.78 is 0. The molecule has 0 aliphatic rings. The minimum Gasteiger partial charge on any atom is -0.355 e. The van der Waals surface area contributed by atoms with E-state index in [1.807, 2.05) is 11.4 Å². The summed E-state index contributed by atoms with van der Waals surface area (Å²) in [5, 5.41) is 4.49. The minimum atomic E-state index is 0.792. The van der Waals surface area contributed by atoms with Gasteiger partial charge in [-0.1, -0.05) is 42.5 Å². The number of carbonyl (C=O) groups excluding carboxylic acids is 1. The summed E-state index contributed by atoms with van der Waals surface area (Å²) in [6, 6.07) is 20.4. The molecule has 2 aromatic carbocycles. The van der Waals surface area contributed by atoms with Crippen molar-refractivity contribution in [3.05, 3.63) is 70.9 Å². The number of hydrogen-bond donors (Lipinski definition) is 1. The van der Waals surface area contributed by atoms with Crippen LogP contribution in [0.5, 0.6) is 0 Å². The number of thiophene rings is 1. The fourth-order valence-electron chi connectivity index (χ4n) is 2.16. The number of rotatable bonds is 1. The molecule has 0 atom stereocenters. The summed E-state index contributed by atoms with van der Waals surface area (Å²) in [4.78, 5) is 14.0. The first-order chi connectivity index (χ1) is 9.88. The van der Waals surface area contributed by atoms with E-state index in [0.717, 1.165) is 11.2 Å². The van der Waals surface area contributed by atoms with E-state index >= 15 is 0 Å². The van der Waals surface area contributed by atoms with Crippen molar-refractivity contribution in [1.82, 2.24) is 4.98 Å². The predicted octanol–water partition coefficient (Wildman–Crippen LogP) is 4.88. The Hall–Kier alpha value is -2.39. The molecule has 0 bridgehead atoms. The van der Waals surface area contributed by atoms with Crippen molar-refractivity contribution in [2.75, 3.05) is 0 Å². The maximum atomic E-state index is 9.88. The van der Waals surface area contributed by atoms with Gasteiger partial charge < -0.3 is 4.98 Å². The van der Waals surface area contributed by atoms with E-state index < -0.39 is 0 Å². The van der Waals surface area contributed by atoms with Crippen LogP contribution in [0, 0.1) is 0 Å². The maximum Gasteiger partial charge on any atom is 0.159 e. The quantitative estimate of drug-likeness (QED) is 0.495. The Kier molecular flexibility index (Phi) is 3.61. The van der Waals surface area contributed by atoms with Crippen molar-refractivity contribution in [1.29, 1.82) is 0 Å². The van der Waals surface area contributed by atoms with Crippen LogP contribution in [-0.2, 0) is 0 Å². The zero-order valence-electron chi connectivity index (χ0n) is 10.7. The first-order valence-corrected chi connectivity index (χ1v) is 7.20. The molecule has 2 aromatic heterocycles. The summed E-state index contributed by atoms with van der Waals surface area (Å²) >= 11 is 1.45. The van der Waals surface area contributed by atoms with Crippen LogP contribution >= 0.6 is 11.3 Å². The average Bonchev–Trinajstić information content (AvgIpc) is 3.15. The van der Waals surface area contributed by atoms with Crippen molar-refractivity contribution in [2.24, 2.45) is 0 Å². The smallest absolute Gasteiger partial charge is 0.159 e. The lowest BCUT2D eigenvalue weighted by Crippen LogP contribution is -1.62. The molecule has 0 saturated heterocycles.